The average Bonchev–Trinajstić information content (AvgIpc) is 2.72. The molecule has 0 aliphatic carbocycles. The summed E-state index contributed by atoms with van der Waals surface area (Å²) in [5, 5.41) is 10.8. The zero-order valence-corrected chi connectivity index (χ0v) is 17.7. The van der Waals surface area contributed by atoms with Crippen molar-refractivity contribution < 1.29 is 14.2 Å². The molecule has 7 heteroatoms. The summed E-state index contributed by atoms with van der Waals surface area (Å²) in [5.41, 5.74) is 9.73. The number of hydrogen-bond acceptors (Lipinski definition) is 6. The Bertz CT molecular complexity index is 1210. The highest BCUT2D eigenvalue weighted by molar-refractivity contribution is 9.10. The second-order valence-corrected chi connectivity index (χ2v) is 7.53. The fourth-order valence-electron chi connectivity index (χ4n) is 3.64. The van der Waals surface area contributed by atoms with E-state index in [0.717, 1.165) is 22.2 Å². The van der Waals surface area contributed by atoms with Gasteiger partial charge >= 0.3 is 0 Å². The summed E-state index contributed by atoms with van der Waals surface area (Å²) in [5.74, 6) is 1.35. The molecule has 2 aromatic carbocycles. The van der Waals surface area contributed by atoms with Gasteiger partial charge in [0.1, 0.15) is 17.2 Å². The monoisotopic (exact) mass is 451 g/mol. The number of nitrogens with two attached hydrogens (primary N) is 1. The second kappa shape index (κ2) is 7.30. The van der Waals surface area contributed by atoms with Crippen molar-refractivity contribution in [2.24, 2.45) is 5.73 Å². The van der Waals surface area contributed by atoms with Crippen molar-refractivity contribution in [2.75, 3.05) is 14.2 Å². The Morgan fingerprint density at radius 3 is 2.62 bits per heavy atom. The van der Waals surface area contributed by atoms with Gasteiger partial charge in [-0.2, -0.15) is 5.26 Å². The Kier molecular flexibility index (Phi) is 4.81. The van der Waals surface area contributed by atoms with Crippen molar-refractivity contribution >= 4 is 26.8 Å². The van der Waals surface area contributed by atoms with Crippen molar-refractivity contribution in [3.8, 4) is 23.3 Å². The molecule has 0 saturated heterocycles. The normalized spacial score (nSPS) is 15.5. The van der Waals surface area contributed by atoms with Gasteiger partial charge in [0.15, 0.2) is 17.2 Å². The third-order valence-electron chi connectivity index (χ3n) is 4.97. The van der Waals surface area contributed by atoms with Gasteiger partial charge in [0.05, 0.1) is 24.6 Å². The molecule has 0 unspecified atom stereocenters. The van der Waals surface area contributed by atoms with E-state index < -0.39 is 5.92 Å². The molecule has 0 spiro atoms. The number of nitrogens with zero attached hydrogens (tertiary/aromatic N) is 2. The lowest BCUT2D eigenvalue weighted by molar-refractivity contribution is 0.352. The maximum atomic E-state index is 9.82. The Morgan fingerprint density at radius 2 is 1.93 bits per heavy atom. The number of methoxy groups -OCH3 is 2. The maximum Gasteiger partial charge on any atom is 0.205 e. The van der Waals surface area contributed by atoms with Gasteiger partial charge in [0, 0.05) is 16.6 Å². The predicted octanol–water partition coefficient (Wildman–Crippen LogP) is 4.54. The minimum atomic E-state index is -0.424. The highest BCUT2D eigenvalue weighted by atomic mass is 79.9. The van der Waals surface area contributed by atoms with Crippen LogP contribution in [0, 0.1) is 18.3 Å². The zero-order valence-electron chi connectivity index (χ0n) is 16.1. The number of pyridine rings is 1. The first-order chi connectivity index (χ1) is 14.0. The van der Waals surface area contributed by atoms with Gasteiger partial charge in [0.25, 0.3) is 0 Å². The van der Waals surface area contributed by atoms with Gasteiger partial charge < -0.3 is 19.9 Å². The van der Waals surface area contributed by atoms with Crippen molar-refractivity contribution in [2.45, 2.75) is 12.8 Å². The summed E-state index contributed by atoms with van der Waals surface area (Å²) >= 11 is 3.53. The van der Waals surface area contributed by atoms with E-state index in [4.69, 9.17) is 19.9 Å². The maximum absolute atomic E-state index is 9.82. The minimum absolute atomic E-state index is 0.0757. The highest BCUT2D eigenvalue weighted by Crippen LogP contribution is 2.47. The molecule has 3 aromatic rings. The molecule has 1 aliphatic rings. The molecule has 0 saturated carbocycles. The topological polar surface area (TPSA) is 90.4 Å². The second-order valence-electron chi connectivity index (χ2n) is 6.67. The van der Waals surface area contributed by atoms with E-state index in [2.05, 4.69) is 27.0 Å². The minimum Gasteiger partial charge on any atom is -0.493 e. The number of fused-ring (bicyclic) bond motifs is 3. The van der Waals surface area contributed by atoms with Crippen molar-refractivity contribution in [3.05, 3.63) is 69.1 Å². The Labute approximate surface area is 176 Å². The van der Waals surface area contributed by atoms with Gasteiger partial charge in [-0.15, -0.1) is 0 Å². The van der Waals surface area contributed by atoms with E-state index in [0.29, 0.717) is 32.8 Å². The van der Waals surface area contributed by atoms with E-state index in [9.17, 15) is 5.26 Å². The van der Waals surface area contributed by atoms with E-state index in [1.54, 1.807) is 14.2 Å². The Morgan fingerprint density at radius 1 is 1.17 bits per heavy atom. The summed E-state index contributed by atoms with van der Waals surface area (Å²) in [7, 11) is 3.15. The van der Waals surface area contributed by atoms with E-state index in [1.165, 1.54) is 0 Å². The number of nitriles is 1. The van der Waals surface area contributed by atoms with Gasteiger partial charge in [-0.25, -0.2) is 4.98 Å². The van der Waals surface area contributed by atoms with Crippen LogP contribution in [0.5, 0.6) is 17.2 Å². The molecule has 1 aliphatic heterocycles. The Balaban J connectivity index is 2.01. The van der Waals surface area contributed by atoms with Crippen LogP contribution in [0.2, 0.25) is 0 Å². The molecule has 29 heavy (non-hydrogen) atoms. The summed E-state index contributed by atoms with van der Waals surface area (Å²) < 4.78 is 17.5. The van der Waals surface area contributed by atoms with Crippen LogP contribution < -0.4 is 19.9 Å². The molecule has 2 N–H and O–H groups in total. The third-order valence-corrected chi connectivity index (χ3v) is 5.56. The zero-order chi connectivity index (χ0) is 20.7. The van der Waals surface area contributed by atoms with E-state index in [-0.39, 0.29) is 5.88 Å². The molecular formula is C22H18BrN3O3. The van der Waals surface area contributed by atoms with Crippen LogP contribution in [0.1, 0.15) is 22.7 Å². The van der Waals surface area contributed by atoms with Crippen LogP contribution in [-0.4, -0.2) is 19.2 Å². The van der Waals surface area contributed by atoms with Gasteiger partial charge in [-0.1, -0.05) is 18.2 Å². The van der Waals surface area contributed by atoms with Crippen molar-refractivity contribution in [1.82, 2.24) is 4.98 Å². The van der Waals surface area contributed by atoms with Crippen LogP contribution in [0.25, 0.3) is 10.9 Å². The number of rotatable bonds is 3. The van der Waals surface area contributed by atoms with Crippen LogP contribution in [0.3, 0.4) is 0 Å². The Hall–Kier alpha value is -3.24. The quantitative estimate of drug-likeness (QED) is 0.628. The summed E-state index contributed by atoms with van der Waals surface area (Å²) in [6, 6.07) is 13.8. The molecule has 4 rings (SSSR count). The van der Waals surface area contributed by atoms with Crippen LogP contribution in [0.15, 0.2) is 52.3 Å². The highest BCUT2D eigenvalue weighted by Gasteiger charge is 2.33. The number of allylic oxidation sites excluding steroid dienone is 1. The number of hydrogen-bond donors (Lipinski definition) is 1. The first kappa shape index (κ1) is 19.1. The van der Waals surface area contributed by atoms with Crippen molar-refractivity contribution in [3.63, 3.8) is 0 Å². The molecule has 0 bridgehead atoms. The number of ether oxygens (including phenoxy) is 3. The fraction of sp³-hybridized carbons (Fsp3) is 0.182. The first-order valence-electron chi connectivity index (χ1n) is 8.87. The van der Waals surface area contributed by atoms with Gasteiger partial charge in [-0.05, 0) is 46.6 Å². The third kappa shape index (κ3) is 3.06. The van der Waals surface area contributed by atoms with Crippen LogP contribution in [-0.2, 0) is 0 Å². The fourth-order valence-corrected chi connectivity index (χ4v) is 4.27. The molecule has 1 aromatic heterocycles. The standard InChI is InChI=1S/C22H18BrN3O3/c1-11-4-5-12-6-7-14-18(13-8-16(23)21(28-3)17(9-13)27-2)15(10-24)22(25)29-20(14)19(12)26-11/h4-9,18H,25H2,1-3H3/t18-/m0/s1. The summed E-state index contributed by atoms with van der Waals surface area (Å²) in [6.45, 7) is 1.92. The predicted molar refractivity (Wildman–Crippen MR) is 113 cm³/mol. The molecule has 0 amide bonds. The number of aryl methyl sites for hydroxylation is 1. The SMILES string of the molecule is COc1cc([C@@H]2C(C#N)=C(N)Oc3c2ccc2ccc(C)nc32)cc(Br)c1OC. The lowest BCUT2D eigenvalue weighted by Gasteiger charge is -2.27. The average molecular weight is 452 g/mol. The summed E-state index contributed by atoms with van der Waals surface area (Å²) in [6.07, 6.45) is 0. The van der Waals surface area contributed by atoms with Gasteiger partial charge in [0.2, 0.25) is 5.88 Å². The molecule has 0 radical (unpaired) electrons. The van der Waals surface area contributed by atoms with Crippen LogP contribution in [0.4, 0.5) is 0 Å². The van der Waals surface area contributed by atoms with Crippen molar-refractivity contribution in [1.29, 1.82) is 5.26 Å². The molecule has 0 fully saturated rings. The molecular weight excluding hydrogens is 434 g/mol. The van der Waals surface area contributed by atoms with Gasteiger partial charge in [-0.3, -0.25) is 0 Å². The smallest absolute Gasteiger partial charge is 0.205 e. The molecule has 1 atom stereocenters. The van der Waals surface area contributed by atoms with Crippen LogP contribution >= 0.6 is 15.9 Å². The number of benzene rings is 2. The number of halogens is 1. The van der Waals surface area contributed by atoms with E-state index in [1.807, 2.05) is 43.3 Å². The molecule has 146 valence electrons. The first-order valence-corrected chi connectivity index (χ1v) is 9.67. The lowest BCUT2D eigenvalue weighted by Crippen LogP contribution is -2.21. The molecule has 6 nitrogen and oxygen atoms in total. The lowest BCUT2D eigenvalue weighted by atomic mass is 9.83. The summed E-state index contributed by atoms with van der Waals surface area (Å²) in [4.78, 5) is 4.64. The largest absolute Gasteiger partial charge is 0.493 e. The van der Waals surface area contributed by atoms with E-state index >= 15 is 0 Å². The number of aromatic nitrogens is 1. The molecule has 2 heterocycles.